The first-order valence-corrected chi connectivity index (χ1v) is 2.61. The van der Waals surface area contributed by atoms with Gasteiger partial charge in [-0.05, 0) is 0 Å². The second-order valence-corrected chi connectivity index (χ2v) is 1.64. The fourth-order valence-electron chi connectivity index (χ4n) is 0.622. The van der Waals surface area contributed by atoms with Crippen molar-refractivity contribution in [2.45, 2.75) is 12.7 Å². The molecule has 8 heavy (non-hydrogen) atoms. The molecule has 0 fully saturated rings. The summed E-state index contributed by atoms with van der Waals surface area (Å²) in [5.41, 5.74) is 0. The van der Waals surface area contributed by atoms with Gasteiger partial charge in [-0.1, -0.05) is 12.2 Å². The molecule has 0 saturated heterocycles. The topological polar surface area (TPSA) is 18.5 Å². The molecule has 0 aromatic heterocycles. The van der Waals surface area contributed by atoms with Crippen LogP contribution in [0.5, 0.6) is 0 Å². The molecular weight excluding hydrogens is 104 g/mol. The third kappa shape index (κ3) is 1.32. The molecule has 1 radical (unpaired) electrons. The maximum absolute atomic E-state index is 5.06. The smallest absolute Gasteiger partial charge is 0.161 e. The average Bonchev–Trinajstić information content (AvgIpc) is 1.90. The van der Waals surface area contributed by atoms with Gasteiger partial charge in [0.25, 0.3) is 0 Å². The van der Waals surface area contributed by atoms with E-state index in [1.165, 1.54) is 0 Å². The van der Waals surface area contributed by atoms with Crippen LogP contribution in [0.2, 0.25) is 0 Å². The maximum atomic E-state index is 5.06. The van der Waals surface area contributed by atoms with Gasteiger partial charge in [-0.15, -0.1) is 0 Å². The first-order chi connectivity index (χ1) is 3.93. The summed E-state index contributed by atoms with van der Waals surface area (Å²) < 4.78 is 9.72. The molecule has 45 valence electrons. The minimum atomic E-state index is -0.111. The summed E-state index contributed by atoms with van der Waals surface area (Å²) in [6, 6.07) is 0. The normalized spacial score (nSPS) is 28.4. The van der Waals surface area contributed by atoms with Crippen LogP contribution in [-0.2, 0) is 9.47 Å². The molecule has 0 aromatic rings. The van der Waals surface area contributed by atoms with Crippen LogP contribution in [0.15, 0.2) is 12.2 Å². The van der Waals surface area contributed by atoms with Crippen molar-refractivity contribution in [1.29, 1.82) is 0 Å². The summed E-state index contributed by atoms with van der Waals surface area (Å²) >= 11 is 0. The third-order valence-corrected chi connectivity index (χ3v) is 1.06. The summed E-state index contributed by atoms with van der Waals surface area (Å²) in [7, 11) is 3.25. The highest BCUT2D eigenvalue weighted by Crippen LogP contribution is 2.05. The van der Waals surface area contributed by atoms with Crippen LogP contribution in [0.1, 0.15) is 6.42 Å². The predicted octanol–water partition coefficient (Wildman–Crippen LogP) is 1.10. The van der Waals surface area contributed by atoms with E-state index in [2.05, 4.69) is 11.8 Å². The molecule has 2 heteroatoms. The van der Waals surface area contributed by atoms with Gasteiger partial charge in [0.1, 0.15) is 0 Å². The van der Waals surface area contributed by atoms with E-state index in [-0.39, 0.29) is 6.29 Å². The number of hydrogen-bond donors (Lipinski definition) is 0. The van der Waals surface area contributed by atoms with Gasteiger partial charge in [-0.3, -0.25) is 0 Å². The number of rotatable bonds is 1. The van der Waals surface area contributed by atoms with E-state index in [1.54, 1.807) is 0 Å². The van der Waals surface area contributed by atoms with E-state index < -0.39 is 0 Å². The standard InChI is InChI=1S/C6H9O2/c1-7-6-4-2-3-5-8-6/h2-3,6H,1,4-5H2. The zero-order chi connectivity index (χ0) is 5.82. The zero-order valence-corrected chi connectivity index (χ0v) is 4.67. The molecule has 1 aliphatic rings. The zero-order valence-electron chi connectivity index (χ0n) is 4.67. The number of hydrogen-bond acceptors (Lipinski definition) is 2. The van der Waals surface area contributed by atoms with Crippen molar-refractivity contribution in [3.8, 4) is 0 Å². The van der Waals surface area contributed by atoms with Gasteiger partial charge in [0, 0.05) is 6.42 Å². The first kappa shape index (κ1) is 5.79. The predicted molar refractivity (Wildman–Crippen MR) is 29.9 cm³/mol. The van der Waals surface area contributed by atoms with E-state index in [0.29, 0.717) is 6.61 Å². The third-order valence-electron chi connectivity index (χ3n) is 1.06. The molecule has 0 saturated carbocycles. The maximum Gasteiger partial charge on any atom is 0.161 e. The Bertz CT molecular complexity index is 88.5. The van der Waals surface area contributed by atoms with Gasteiger partial charge in [0.2, 0.25) is 0 Å². The van der Waals surface area contributed by atoms with Gasteiger partial charge < -0.3 is 9.47 Å². The van der Waals surface area contributed by atoms with E-state index in [1.807, 2.05) is 12.2 Å². The highest BCUT2D eigenvalue weighted by Gasteiger charge is 2.05. The Morgan fingerprint density at radius 1 is 1.62 bits per heavy atom. The van der Waals surface area contributed by atoms with Crippen molar-refractivity contribution in [1.82, 2.24) is 0 Å². The van der Waals surface area contributed by atoms with Crippen LogP contribution in [0.3, 0.4) is 0 Å². The van der Waals surface area contributed by atoms with Crippen molar-refractivity contribution in [3.05, 3.63) is 19.3 Å². The average molecular weight is 113 g/mol. The molecule has 0 bridgehead atoms. The second-order valence-electron chi connectivity index (χ2n) is 1.64. The molecule has 0 N–H and O–H groups in total. The fourth-order valence-corrected chi connectivity index (χ4v) is 0.622. The lowest BCUT2D eigenvalue weighted by atomic mass is 10.3. The van der Waals surface area contributed by atoms with Crippen molar-refractivity contribution < 1.29 is 9.47 Å². The summed E-state index contributed by atoms with van der Waals surface area (Å²) in [6.07, 6.45) is 4.71. The minimum absolute atomic E-state index is 0.111. The summed E-state index contributed by atoms with van der Waals surface area (Å²) in [6.45, 7) is 0.653. The molecule has 1 unspecified atom stereocenters. The Balaban J connectivity index is 2.27. The van der Waals surface area contributed by atoms with Gasteiger partial charge >= 0.3 is 0 Å². The quantitative estimate of drug-likeness (QED) is 0.474. The highest BCUT2D eigenvalue weighted by molar-refractivity contribution is 4.86. The van der Waals surface area contributed by atoms with Crippen LogP contribution >= 0.6 is 0 Å². The van der Waals surface area contributed by atoms with Crippen LogP contribution in [0, 0.1) is 7.11 Å². The Kier molecular flexibility index (Phi) is 2.06. The Labute approximate surface area is 49.1 Å². The lowest BCUT2D eigenvalue weighted by Crippen LogP contribution is -2.16. The fraction of sp³-hybridized carbons (Fsp3) is 0.500. The van der Waals surface area contributed by atoms with Crippen LogP contribution in [0.25, 0.3) is 0 Å². The van der Waals surface area contributed by atoms with E-state index >= 15 is 0 Å². The van der Waals surface area contributed by atoms with Gasteiger partial charge in [0.15, 0.2) is 6.29 Å². The molecule has 0 aliphatic carbocycles. The van der Waals surface area contributed by atoms with Crippen molar-refractivity contribution in [2.24, 2.45) is 0 Å². The Hall–Kier alpha value is -0.340. The largest absolute Gasteiger partial charge is 0.350 e. The molecule has 0 amide bonds. The monoisotopic (exact) mass is 113 g/mol. The summed E-state index contributed by atoms with van der Waals surface area (Å²) in [5.74, 6) is 0. The van der Waals surface area contributed by atoms with Gasteiger partial charge in [-0.2, -0.15) is 0 Å². The van der Waals surface area contributed by atoms with E-state index in [4.69, 9.17) is 4.74 Å². The van der Waals surface area contributed by atoms with Gasteiger partial charge in [0.05, 0.1) is 13.7 Å². The highest BCUT2D eigenvalue weighted by atomic mass is 16.7. The number of ether oxygens (including phenoxy) is 2. The molecule has 1 aliphatic heterocycles. The Morgan fingerprint density at radius 3 is 2.88 bits per heavy atom. The lowest BCUT2D eigenvalue weighted by Gasteiger charge is -2.15. The van der Waals surface area contributed by atoms with Crippen molar-refractivity contribution >= 4 is 0 Å². The van der Waals surface area contributed by atoms with Gasteiger partial charge in [-0.25, -0.2) is 0 Å². The molecule has 0 spiro atoms. The van der Waals surface area contributed by atoms with Crippen LogP contribution in [-0.4, -0.2) is 12.9 Å². The van der Waals surface area contributed by atoms with E-state index in [0.717, 1.165) is 6.42 Å². The molecule has 1 rings (SSSR count). The second kappa shape index (κ2) is 2.84. The molecule has 0 aromatic carbocycles. The summed E-state index contributed by atoms with van der Waals surface area (Å²) in [4.78, 5) is 0. The first-order valence-electron chi connectivity index (χ1n) is 2.61. The summed E-state index contributed by atoms with van der Waals surface area (Å²) in [5, 5.41) is 0. The SMILES string of the molecule is [CH2]OC1CC=CCO1. The molecule has 1 heterocycles. The Morgan fingerprint density at radius 2 is 2.50 bits per heavy atom. The molecule has 2 nitrogen and oxygen atoms in total. The lowest BCUT2D eigenvalue weighted by molar-refractivity contribution is -0.102. The molecular formula is C6H9O2. The van der Waals surface area contributed by atoms with Crippen LogP contribution < -0.4 is 0 Å². The van der Waals surface area contributed by atoms with Crippen molar-refractivity contribution in [2.75, 3.05) is 6.61 Å². The van der Waals surface area contributed by atoms with E-state index in [9.17, 15) is 0 Å². The van der Waals surface area contributed by atoms with Crippen LogP contribution in [0.4, 0.5) is 0 Å². The van der Waals surface area contributed by atoms with Crippen molar-refractivity contribution in [3.63, 3.8) is 0 Å². The molecule has 1 atom stereocenters. The minimum Gasteiger partial charge on any atom is -0.350 e.